The van der Waals surface area contributed by atoms with E-state index in [1.165, 1.54) is 7.11 Å². The Hall–Kier alpha value is -4.18. The number of anilines is 1. The lowest BCUT2D eigenvalue weighted by Crippen LogP contribution is -2.25. The lowest BCUT2D eigenvalue weighted by atomic mass is 10.2. The van der Waals surface area contributed by atoms with Crippen LogP contribution in [0.25, 0.3) is 16.5 Å². The molecule has 0 atom stereocenters. The van der Waals surface area contributed by atoms with E-state index >= 15 is 0 Å². The molecule has 180 valence electrons. The minimum Gasteiger partial charge on any atom is -0.497 e. The molecule has 0 fully saturated rings. The van der Waals surface area contributed by atoms with Gasteiger partial charge in [-0.15, -0.1) is 11.3 Å². The van der Waals surface area contributed by atoms with Crippen molar-refractivity contribution in [1.82, 2.24) is 9.78 Å². The summed E-state index contributed by atoms with van der Waals surface area (Å²) in [7, 11) is 1.51. The zero-order valence-corrected chi connectivity index (χ0v) is 20.2. The molecule has 2 aromatic heterocycles. The zero-order chi connectivity index (χ0) is 24.9. The van der Waals surface area contributed by atoms with Crippen LogP contribution >= 0.6 is 11.3 Å². The van der Waals surface area contributed by atoms with Crippen LogP contribution in [0.1, 0.15) is 34.7 Å². The van der Waals surface area contributed by atoms with Crippen molar-refractivity contribution < 1.29 is 23.8 Å². The molecule has 0 spiro atoms. The molecule has 0 aliphatic carbocycles. The molecule has 0 aliphatic heterocycles. The summed E-state index contributed by atoms with van der Waals surface area (Å²) in [6.07, 6.45) is 0. The van der Waals surface area contributed by atoms with Crippen LogP contribution in [0.15, 0.2) is 58.7 Å². The zero-order valence-electron chi connectivity index (χ0n) is 19.4. The van der Waals surface area contributed by atoms with E-state index in [9.17, 15) is 14.4 Å². The van der Waals surface area contributed by atoms with E-state index in [0.717, 1.165) is 16.0 Å². The molecule has 0 unspecified atom stereocenters. The molecule has 2 aromatic carbocycles. The molecule has 2 heterocycles. The summed E-state index contributed by atoms with van der Waals surface area (Å²) in [5.41, 5.74) is 0.285. The van der Waals surface area contributed by atoms with Gasteiger partial charge in [-0.25, -0.2) is 4.79 Å². The first-order valence-corrected chi connectivity index (χ1v) is 11.7. The second-order valence-electron chi connectivity index (χ2n) is 7.25. The SMILES string of the molecule is CCOC(=O)c1nn(-c2ccc(OCC)cc2)c(=O)c2c(NC(=O)c3cccc(OC)c3)scc12. The number of carbonyl (C=O) groups is 2. The largest absolute Gasteiger partial charge is 0.497 e. The number of benzene rings is 2. The highest BCUT2D eigenvalue weighted by molar-refractivity contribution is 7.16. The predicted octanol–water partition coefficient (Wildman–Crippen LogP) is 4.28. The maximum absolute atomic E-state index is 13.5. The molecule has 0 radical (unpaired) electrons. The summed E-state index contributed by atoms with van der Waals surface area (Å²) in [5, 5.41) is 9.47. The van der Waals surface area contributed by atoms with Crippen LogP contribution in [0, 0.1) is 0 Å². The van der Waals surface area contributed by atoms with Crippen molar-refractivity contribution in [3.05, 3.63) is 75.5 Å². The minimum atomic E-state index is -0.666. The highest BCUT2D eigenvalue weighted by Gasteiger charge is 2.23. The lowest BCUT2D eigenvalue weighted by Gasteiger charge is -2.11. The van der Waals surface area contributed by atoms with Gasteiger partial charge in [0.25, 0.3) is 11.5 Å². The van der Waals surface area contributed by atoms with Crippen LogP contribution in [0.2, 0.25) is 0 Å². The van der Waals surface area contributed by atoms with E-state index in [0.29, 0.717) is 39.7 Å². The standard InChI is InChI=1S/C25H23N3O6S/c1-4-33-17-11-9-16(10-12-17)28-24(30)20-19(21(27-28)25(31)34-5-2)14-35-23(20)26-22(29)15-7-6-8-18(13-15)32-3/h6-14H,4-5H2,1-3H3,(H,26,29). The molecular weight excluding hydrogens is 470 g/mol. The van der Waals surface area contributed by atoms with Crippen molar-refractivity contribution in [3.8, 4) is 17.2 Å². The van der Waals surface area contributed by atoms with Gasteiger partial charge in [0.15, 0.2) is 5.69 Å². The summed E-state index contributed by atoms with van der Waals surface area (Å²) < 4.78 is 16.9. The van der Waals surface area contributed by atoms with Crippen LogP contribution < -0.4 is 20.3 Å². The third-order valence-corrected chi connectivity index (χ3v) is 5.97. The summed E-state index contributed by atoms with van der Waals surface area (Å²) in [6, 6.07) is 13.4. The number of rotatable bonds is 8. The summed E-state index contributed by atoms with van der Waals surface area (Å²) >= 11 is 1.13. The van der Waals surface area contributed by atoms with Gasteiger partial charge in [0.2, 0.25) is 0 Å². The molecule has 1 amide bonds. The molecule has 35 heavy (non-hydrogen) atoms. The van der Waals surface area contributed by atoms with Gasteiger partial charge < -0.3 is 19.5 Å². The van der Waals surface area contributed by atoms with Crippen molar-refractivity contribution in [1.29, 1.82) is 0 Å². The fraction of sp³-hybridized carbons (Fsp3) is 0.200. The Labute approximate surface area is 204 Å². The van der Waals surface area contributed by atoms with Gasteiger partial charge in [-0.3, -0.25) is 9.59 Å². The second-order valence-corrected chi connectivity index (χ2v) is 8.13. The van der Waals surface area contributed by atoms with Crippen molar-refractivity contribution in [2.45, 2.75) is 13.8 Å². The van der Waals surface area contributed by atoms with E-state index in [1.54, 1.807) is 60.8 Å². The molecule has 4 aromatic rings. The monoisotopic (exact) mass is 493 g/mol. The average Bonchev–Trinajstić information content (AvgIpc) is 3.29. The van der Waals surface area contributed by atoms with Crippen LogP contribution in [-0.2, 0) is 4.74 Å². The van der Waals surface area contributed by atoms with Gasteiger partial charge in [-0.2, -0.15) is 9.78 Å². The van der Waals surface area contributed by atoms with E-state index < -0.39 is 17.4 Å². The number of carbonyl (C=O) groups excluding carboxylic acids is 2. The van der Waals surface area contributed by atoms with Gasteiger partial charge >= 0.3 is 5.97 Å². The Balaban J connectivity index is 1.83. The van der Waals surface area contributed by atoms with E-state index in [4.69, 9.17) is 14.2 Å². The van der Waals surface area contributed by atoms with Gasteiger partial charge in [0.05, 0.1) is 31.4 Å². The smallest absolute Gasteiger partial charge is 0.359 e. The summed E-state index contributed by atoms with van der Waals surface area (Å²) in [5.74, 6) is 0.0768. The Bertz CT molecular complexity index is 1440. The first-order valence-electron chi connectivity index (χ1n) is 10.9. The summed E-state index contributed by atoms with van der Waals surface area (Å²) in [4.78, 5) is 39.1. The van der Waals surface area contributed by atoms with Gasteiger partial charge in [0.1, 0.15) is 16.5 Å². The van der Waals surface area contributed by atoms with Crippen LogP contribution in [0.3, 0.4) is 0 Å². The van der Waals surface area contributed by atoms with Gasteiger partial charge in [-0.1, -0.05) is 6.07 Å². The highest BCUT2D eigenvalue weighted by atomic mass is 32.1. The number of ether oxygens (including phenoxy) is 3. The Morgan fingerprint density at radius 1 is 1.06 bits per heavy atom. The number of amides is 1. The number of thiophene rings is 1. The third kappa shape index (κ3) is 4.87. The van der Waals surface area contributed by atoms with Gasteiger partial charge in [-0.05, 0) is 56.3 Å². The van der Waals surface area contributed by atoms with E-state index in [2.05, 4.69) is 10.4 Å². The van der Waals surface area contributed by atoms with Crippen molar-refractivity contribution in [2.75, 3.05) is 25.6 Å². The first kappa shape index (κ1) is 24.0. The Morgan fingerprint density at radius 3 is 2.51 bits per heavy atom. The van der Waals surface area contributed by atoms with Crippen molar-refractivity contribution >= 4 is 39.0 Å². The highest BCUT2D eigenvalue weighted by Crippen LogP contribution is 2.31. The number of fused-ring (bicyclic) bond motifs is 1. The number of hydrogen-bond acceptors (Lipinski definition) is 8. The molecular formula is C25H23N3O6S. The maximum atomic E-state index is 13.5. The summed E-state index contributed by atoms with van der Waals surface area (Å²) in [6.45, 7) is 4.21. The maximum Gasteiger partial charge on any atom is 0.359 e. The first-order chi connectivity index (χ1) is 17.0. The number of methoxy groups -OCH3 is 1. The average molecular weight is 494 g/mol. The third-order valence-electron chi connectivity index (χ3n) is 5.07. The molecule has 4 rings (SSSR count). The number of nitrogens with zero attached hydrogens (tertiary/aromatic N) is 2. The Morgan fingerprint density at radius 2 is 1.83 bits per heavy atom. The predicted molar refractivity (Wildman–Crippen MR) is 133 cm³/mol. The molecule has 0 saturated carbocycles. The quantitative estimate of drug-likeness (QED) is 0.365. The van der Waals surface area contributed by atoms with Crippen molar-refractivity contribution in [3.63, 3.8) is 0 Å². The van der Waals surface area contributed by atoms with Gasteiger partial charge in [0, 0.05) is 16.3 Å². The minimum absolute atomic E-state index is 0.0199. The lowest BCUT2D eigenvalue weighted by molar-refractivity contribution is 0.0520. The molecule has 9 nitrogen and oxygen atoms in total. The number of esters is 1. The molecule has 0 saturated heterocycles. The fourth-order valence-electron chi connectivity index (χ4n) is 3.46. The van der Waals surface area contributed by atoms with E-state index in [-0.39, 0.29) is 17.7 Å². The Kier molecular flexibility index (Phi) is 7.11. The molecule has 0 bridgehead atoms. The van der Waals surface area contributed by atoms with E-state index in [1.807, 2.05) is 6.92 Å². The van der Waals surface area contributed by atoms with Crippen molar-refractivity contribution in [2.24, 2.45) is 0 Å². The van der Waals surface area contributed by atoms with Crippen LogP contribution in [0.5, 0.6) is 11.5 Å². The van der Waals surface area contributed by atoms with Crippen LogP contribution in [0.4, 0.5) is 5.00 Å². The molecule has 1 N–H and O–H groups in total. The topological polar surface area (TPSA) is 109 Å². The number of nitrogens with one attached hydrogen (secondary N) is 1. The number of hydrogen-bond donors (Lipinski definition) is 1. The van der Waals surface area contributed by atoms with Crippen LogP contribution in [-0.4, -0.2) is 42.0 Å². The normalized spacial score (nSPS) is 10.7. The fourth-order valence-corrected chi connectivity index (χ4v) is 4.39. The molecule has 10 heteroatoms. The second kappa shape index (κ2) is 10.4. The number of aromatic nitrogens is 2. The molecule has 0 aliphatic rings.